The first-order chi connectivity index (χ1) is 8.42. The lowest BCUT2D eigenvalue weighted by Gasteiger charge is -2.86. The molecular weight excluding hydrogens is 204 g/mol. The fraction of sp³-hybridized carbons (Fsp3) is 1.00. The fourth-order valence-corrected chi connectivity index (χ4v) is 8.38. The molecule has 0 amide bonds. The summed E-state index contributed by atoms with van der Waals surface area (Å²) in [6.07, 6.45) is 7.96. The van der Waals surface area contributed by atoms with Crippen LogP contribution >= 0.6 is 0 Å². The van der Waals surface area contributed by atoms with Gasteiger partial charge >= 0.3 is 0 Å². The van der Waals surface area contributed by atoms with Gasteiger partial charge in [0.05, 0.1) is 0 Å². The molecule has 6 fully saturated rings. The lowest BCUT2D eigenvalue weighted by Crippen LogP contribution is -2.82. The van der Waals surface area contributed by atoms with Gasteiger partial charge in [-0.2, -0.15) is 0 Å². The quantitative estimate of drug-likeness (QED) is 0.599. The molecule has 0 aromatic heterocycles. The van der Waals surface area contributed by atoms with Crippen molar-refractivity contribution >= 4 is 0 Å². The van der Waals surface area contributed by atoms with Crippen LogP contribution in [0.4, 0.5) is 0 Å². The Morgan fingerprint density at radius 1 is 0.588 bits per heavy atom. The molecule has 0 aliphatic heterocycles. The number of hydrogen-bond acceptors (Lipinski definition) is 0. The summed E-state index contributed by atoms with van der Waals surface area (Å²) in [5.41, 5.74) is 0. The zero-order chi connectivity index (χ0) is 10.9. The van der Waals surface area contributed by atoms with Crippen molar-refractivity contribution in [3.05, 3.63) is 0 Å². The predicted octanol–water partition coefficient (Wildman–Crippen LogP) is 3.82. The van der Waals surface area contributed by atoms with Crippen LogP contribution < -0.4 is 0 Å². The summed E-state index contributed by atoms with van der Waals surface area (Å²) in [7, 11) is 0. The number of hydrogen-bond donors (Lipinski definition) is 0. The highest BCUT2D eigenvalue weighted by atomic mass is 14.9. The number of fused-ring (bicyclic) bond motifs is 13. The van der Waals surface area contributed by atoms with E-state index in [9.17, 15) is 0 Å². The summed E-state index contributed by atoms with van der Waals surface area (Å²) < 4.78 is 0. The van der Waals surface area contributed by atoms with Crippen LogP contribution in [0.2, 0.25) is 0 Å². The SMILES string of the molecule is CCC1CCC2C1C1C2C2C3C4CCC4C3C12. The van der Waals surface area contributed by atoms with Crippen molar-refractivity contribution in [3.63, 3.8) is 0 Å². The van der Waals surface area contributed by atoms with Crippen LogP contribution in [-0.2, 0) is 0 Å². The molecule has 6 saturated carbocycles. The normalized spacial score (nSPS) is 76.4. The number of rotatable bonds is 1. The summed E-state index contributed by atoms with van der Waals surface area (Å²) in [5, 5.41) is 0. The van der Waals surface area contributed by atoms with E-state index in [-0.39, 0.29) is 0 Å². The molecule has 11 atom stereocenters. The fourth-order valence-electron chi connectivity index (χ4n) is 8.38. The van der Waals surface area contributed by atoms with Gasteiger partial charge in [-0.05, 0) is 90.8 Å². The zero-order valence-corrected chi connectivity index (χ0v) is 10.9. The van der Waals surface area contributed by atoms with Crippen LogP contribution in [0.25, 0.3) is 0 Å². The maximum atomic E-state index is 2.45. The minimum atomic E-state index is 1.15. The Bertz CT molecular complexity index is 399. The van der Waals surface area contributed by atoms with Crippen LogP contribution in [0, 0.1) is 65.1 Å². The third kappa shape index (κ3) is 0.678. The minimum Gasteiger partial charge on any atom is -0.0651 e. The van der Waals surface area contributed by atoms with E-state index in [1.54, 1.807) is 25.7 Å². The van der Waals surface area contributed by atoms with Gasteiger partial charge < -0.3 is 0 Å². The zero-order valence-electron chi connectivity index (χ0n) is 10.9. The van der Waals surface area contributed by atoms with E-state index in [0.717, 1.165) is 5.92 Å². The lowest BCUT2D eigenvalue weighted by molar-refractivity contribution is -0.392. The Morgan fingerprint density at radius 3 is 1.76 bits per heavy atom. The van der Waals surface area contributed by atoms with Crippen molar-refractivity contribution in [1.82, 2.24) is 0 Å². The Kier molecular flexibility index (Phi) is 1.32. The van der Waals surface area contributed by atoms with Crippen molar-refractivity contribution < 1.29 is 0 Å². The van der Waals surface area contributed by atoms with Gasteiger partial charge in [-0.3, -0.25) is 0 Å². The van der Waals surface area contributed by atoms with Gasteiger partial charge in [0.1, 0.15) is 0 Å². The van der Waals surface area contributed by atoms with Crippen molar-refractivity contribution in [2.24, 2.45) is 65.1 Å². The van der Waals surface area contributed by atoms with E-state index in [0.29, 0.717) is 0 Å². The minimum absolute atomic E-state index is 1.15. The molecule has 0 aromatic rings. The van der Waals surface area contributed by atoms with Crippen molar-refractivity contribution in [2.75, 3.05) is 0 Å². The summed E-state index contributed by atoms with van der Waals surface area (Å²) in [6, 6.07) is 0. The van der Waals surface area contributed by atoms with Gasteiger partial charge in [-0.15, -0.1) is 0 Å². The van der Waals surface area contributed by atoms with Crippen molar-refractivity contribution in [3.8, 4) is 0 Å². The lowest BCUT2D eigenvalue weighted by atomic mass is 9.18. The Labute approximate surface area is 105 Å². The first kappa shape index (κ1) is 8.99. The maximum Gasteiger partial charge on any atom is -0.0312 e. The van der Waals surface area contributed by atoms with Crippen LogP contribution in [0.15, 0.2) is 0 Å². The summed E-state index contributed by atoms with van der Waals surface area (Å²) in [6.45, 7) is 2.45. The molecule has 92 valence electrons. The molecule has 6 aliphatic rings. The van der Waals surface area contributed by atoms with E-state index < -0.39 is 0 Å². The first-order valence-electron chi connectivity index (χ1n) is 8.42. The molecule has 0 nitrogen and oxygen atoms in total. The topological polar surface area (TPSA) is 0 Å². The third-order valence-corrected chi connectivity index (χ3v) is 8.86. The largest absolute Gasteiger partial charge is 0.0651 e. The molecule has 6 aliphatic carbocycles. The van der Waals surface area contributed by atoms with Gasteiger partial charge in [0.15, 0.2) is 0 Å². The van der Waals surface area contributed by atoms with E-state index >= 15 is 0 Å². The van der Waals surface area contributed by atoms with Gasteiger partial charge in [0.25, 0.3) is 0 Å². The van der Waals surface area contributed by atoms with Crippen molar-refractivity contribution in [2.45, 2.75) is 39.0 Å². The standard InChI is InChI=1S/C17H24/c1-2-7-3-4-10-11(7)15-14(10)16-12-8-5-6-9(8)13(12)17(15)16/h7-17H,2-6H2,1H3. The van der Waals surface area contributed by atoms with Gasteiger partial charge in [0, 0.05) is 0 Å². The van der Waals surface area contributed by atoms with Gasteiger partial charge in [0.2, 0.25) is 0 Å². The van der Waals surface area contributed by atoms with E-state index in [1.807, 2.05) is 0 Å². The molecule has 0 spiro atoms. The molecule has 0 saturated heterocycles. The predicted molar refractivity (Wildman–Crippen MR) is 67.1 cm³/mol. The van der Waals surface area contributed by atoms with Crippen LogP contribution in [-0.4, -0.2) is 0 Å². The maximum absolute atomic E-state index is 2.45. The Hall–Kier alpha value is 0. The summed E-state index contributed by atoms with van der Waals surface area (Å²) in [5.74, 6) is 13.8. The molecule has 0 N–H and O–H groups in total. The van der Waals surface area contributed by atoms with Crippen LogP contribution in [0.5, 0.6) is 0 Å². The highest BCUT2D eigenvalue weighted by Crippen LogP contribution is 2.86. The van der Waals surface area contributed by atoms with Gasteiger partial charge in [-0.25, -0.2) is 0 Å². The van der Waals surface area contributed by atoms with Crippen LogP contribution in [0.3, 0.4) is 0 Å². The molecular formula is C17H24. The molecule has 0 aromatic carbocycles. The summed E-state index contributed by atoms with van der Waals surface area (Å²) >= 11 is 0. The van der Waals surface area contributed by atoms with Crippen LogP contribution in [0.1, 0.15) is 39.0 Å². The average molecular weight is 228 g/mol. The molecule has 0 radical (unpaired) electrons. The molecule has 0 heteroatoms. The Balaban J connectivity index is 1.32. The summed E-state index contributed by atoms with van der Waals surface area (Å²) in [4.78, 5) is 0. The highest BCUT2D eigenvalue weighted by Gasteiger charge is 2.82. The molecule has 17 heavy (non-hydrogen) atoms. The second-order valence-electron chi connectivity index (χ2n) is 8.36. The van der Waals surface area contributed by atoms with Crippen molar-refractivity contribution in [1.29, 1.82) is 0 Å². The highest BCUT2D eigenvalue weighted by molar-refractivity contribution is 5.29. The average Bonchev–Trinajstić information content (AvgIpc) is 2.63. The van der Waals surface area contributed by atoms with E-state index in [2.05, 4.69) is 6.92 Å². The molecule has 6 rings (SSSR count). The van der Waals surface area contributed by atoms with E-state index in [4.69, 9.17) is 0 Å². The Morgan fingerprint density at radius 2 is 1.12 bits per heavy atom. The third-order valence-electron chi connectivity index (χ3n) is 8.86. The van der Waals surface area contributed by atoms with Gasteiger partial charge in [-0.1, -0.05) is 13.3 Å². The molecule has 0 bridgehead atoms. The monoisotopic (exact) mass is 228 g/mol. The molecule has 11 unspecified atom stereocenters. The van der Waals surface area contributed by atoms with E-state index in [1.165, 1.54) is 65.6 Å². The second kappa shape index (κ2) is 2.49. The molecule has 0 heterocycles. The first-order valence-corrected chi connectivity index (χ1v) is 8.42. The smallest absolute Gasteiger partial charge is 0.0312 e. The second-order valence-corrected chi connectivity index (χ2v) is 8.36.